The predicted molar refractivity (Wildman–Crippen MR) is 93.6 cm³/mol. The van der Waals surface area contributed by atoms with Gasteiger partial charge in [-0.15, -0.1) is 11.3 Å². The summed E-state index contributed by atoms with van der Waals surface area (Å²) in [5.41, 5.74) is 1.28. The van der Waals surface area contributed by atoms with E-state index in [9.17, 15) is 0 Å². The van der Waals surface area contributed by atoms with Gasteiger partial charge in [-0.3, -0.25) is 4.68 Å². The molecule has 126 valence electrons. The number of morpholine rings is 1. The maximum Gasteiger partial charge on any atom is 0.141 e. The third-order valence-electron chi connectivity index (χ3n) is 4.42. The molecule has 0 amide bonds. The van der Waals surface area contributed by atoms with Gasteiger partial charge < -0.3 is 9.64 Å². The van der Waals surface area contributed by atoms with Crippen molar-refractivity contribution in [2.75, 3.05) is 24.6 Å². The molecule has 4 rings (SSSR count). The Bertz CT molecular complexity index is 859. The summed E-state index contributed by atoms with van der Waals surface area (Å²) >= 11 is 1.74. The maximum atomic E-state index is 5.91. The number of aromatic nitrogens is 5. The lowest BCUT2D eigenvalue weighted by Crippen LogP contribution is -2.44. The second-order valence-corrected chi connectivity index (χ2v) is 7.32. The molecule has 0 radical (unpaired) electrons. The minimum Gasteiger partial charge on any atom is -0.373 e. The number of fused-ring (bicyclic) bond motifs is 1. The van der Waals surface area contributed by atoms with Gasteiger partial charge in [0.05, 0.1) is 24.6 Å². The summed E-state index contributed by atoms with van der Waals surface area (Å²) in [6, 6.07) is 0. The summed E-state index contributed by atoms with van der Waals surface area (Å²) in [5.74, 6) is 1.85. The molecular weight excluding hydrogens is 324 g/mol. The fourth-order valence-electron chi connectivity index (χ4n) is 3.12. The lowest BCUT2D eigenvalue weighted by atomic mass is 10.2. The predicted octanol–water partition coefficient (Wildman–Crippen LogP) is 2.11. The number of rotatable bonds is 3. The van der Waals surface area contributed by atoms with Crippen molar-refractivity contribution in [1.82, 2.24) is 24.7 Å². The molecule has 0 aliphatic carbocycles. The van der Waals surface area contributed by atoms with E-state index in [1.54, 1.807) is 24.0 Å². The minimum atomic E-state index is 0.0748. The van der Waals surface area contributed by atoms with Crippen molar-refractivity contribution in [1.29, 1.82) is 0 Å². The highest BCUT2D eigenvalue weighted by Gasteiger charge is 2.25. The van der Waals surface area contributed by atoms with E-state index in [4.69, 9.17) is 9.72 Å². The summed E-state index contributed by atoms with van der Waals surface area (Å²) in [6.45, 7) is 9.28. The van der Waals surface area contributed by atoms with E-state index in [2.05, 4.69) is 33.8 Å². The van der Waals surface area contributed by atoms with Crippen LogP contribution in [0.3, 0.4) is 0 Å². The molecular formula is C16H20N6OS. The summed E-state index contributed by atoms with van der Waals surface area (Å²) in [5, 5.41) is 5.36. The monoisotopic (exact) mass is 344 g/mol. The number of hydrogen-bond acceptors (Lipinski definition) is 7. The standard InChI is InChI=1S/C16H20N6OS/c1-10-11(2)24-16-14(10)15(19-12(3)20-16)21-4-5-23-13(6-21)7-22-9-17-8-18-22/h8-9,13H,4-7H2,1-3H3/t13-/m0/s1. The largest absolute Gasteiger partial charge is 0.373 e. The van der Waals surface area contributed by atoms with E-state index in [0.717, 1.165) is 29.6 Å². The fraction of sp³-hybridized carbons (Fsp3) is 0.500. The Morgan fingerprint density at radius 3 is 2.96 bits per heavy atom. The van der Waals surface area contributed by atoms with Crippen LogP contribution in [0.1, 0.15) is 16.3 Å². The molecule has 0 unspecified atom stereocenters. The van der Waals surface area contributed by atoms with Crippen molar-refractivity contribution < 1.29 is 4.74 Å². The summed E-state index contributed by atoms with van der Waals surface area (Å²) < 4.78 is 7.72. The molecule has 1 aliphatic heterocycles. The van der Waals surface area contributed by atoms with Gasteiger partial charge in [0.15, 0.2) is 0 Å². The van der Waals surface area contributed by atoms with E-state index in [1.807, 2.05) is 11.6 Å². The third-order valence-corrected chi connectivity index (χ3v) is 5.52. The van der Waals surface area contributed by atoms with Crippen LogP contribution in [0.15, 0.2) is 12.7 Å². The van der Waals surface area contributed by atoms with Crippen molar-refractivity contribution in [2.24, 2.45) is 0 Å². The van der Waals surface area contributed by atoms with Crippen molar-refractivity contribution in [3.05, 3.63) is 28.9 Å². The maximum absolute atomic E-state index is 5.91. The van der Waals surface area contributed by atoms with Gasteiger partial charge in [0.25, 0.3) is 0 Å². The summed E-state index contributed by atoms with van der Waals surface area (Å²) in [4.78, 5) is 18.1. The van der Waals surface area contributed by atoms with Crippen LogP contribution in [0.2, 0.25) is 0 Å². The van der Waals surface area contributed by atoms with Crippen LogP contribution in [0.5, 0.6) is 0 Å². The highest BCUT2D eigenvalue weighted by atomic mass is 32.1. The van der Waals surface area contributed by atoms with Gasteiger partial charge in [0.2, 0.25) is 0 Å². The highest BCUT2D eigenvalue weighted by Crippen LogP contribution is 2.35. The van der Waals surface area contributed by atoms with Crippen LogP contribution in [0, 0.1) is 20.8 Å². The number of hydrogen-bond donors (Lipinski definition) is 0. The van der Waals surface area contributed by atoms with E-state index in [-0.39, 0.29) is 6.10 Å². The van der Waals surface area contributed by atoms with Crippen molar-refractivity contribution >= 4 is 27.4 Å². The van der Waals surface area contributed by atoms with Crippen LogP contribution >= 0.6 is 11.3 Å². The molecule has 0 bridgehead atoms. The van der Waals surface area contributed by atoms with Gasteiger partial charge in [-0.1, -0.05) is 0 Å². The number of thiophene rings is 1. The zero-order chi connectivity index (χ0) is 16.7. The molecule has 0 aromatic carbocycles. The second kappa shape index (κ2) is 6.10. The molecule has 4 heterocycles. The Kier molecular flexibility index (Phi) is 3.93. The molecule has 24 heavy (non-hydrogen) atoms. The molecule has 0 N–H and O–H groups in total. The Morgan fingerprint density at radius 2 is 2.17 bits per heavy atom. The van der Waals surface area contributed by atoms with Gasteiger partial charge in [-0.2, -0.15) is 5.10 Å². The molecule has 1 saturated heterocycles. The first-order chi connectivity index (χ1) is 11.6. The Morgan fingerprint density at radius 1 is 1.29 bits per heavy atom. The number of nitrogens with zero attached hydrogens (tertiary/aromatic N) is 6. The first kappa shape index (κ1) is 15.5. The highest BCUT2D eigenvalue weighted by molar-refractivity contribution is 7.18. The van der Waals surface area contributed by atoms with Crippen molar-refractivity contribution in [2.45, 2.75) is 33.4 Å². The van der Waals surface area contributed by atoms with Crippen LogP contribution < -0.4 is 4.90 Å². The molecule has 1 atom stereocenters. The normalized spacial score (nSPS) is 18.5. The van der Waals surface area contributed by atoms with Gasteiger partial charge in [0.1, 0.15) is 29.1 Å². The van der Waals surface area contributed by atoms with E-state index < -0.39 is 0 Å². The van der Waals surface area contributed by atoms with Crippen LogP contribution in [0.4, 0.5) is 5.82 Å². The molecule has 1 fully saturated rings. The van der Waals surface area contributed by atoms with E-state index in [1.165, 1.54) is 15.8 Å². The number of anilines is 1. The van der Waals surface area contributed by atoms with Crippen LogP contribution in [0.25, 0.3) is 10.2 Å². The van der Waals surface area contributed by atoms with E-state index in [0.29, 0.717) is 13.2 Å². The van der Waals surface area contributed by atoms with Gasteiger partial charge in [0, 0.05) is 18.0 Å². The number of ether oxygens (including phenoxy) is 1. The Labute approximate surface area is 144 Å². The molecule has 3 aromatic rings. The van der Waals surface area contributed by atoms with Crippen LogP contribution in [-0.2, 0) is 11.3 Å². The number of aryl methyl sites for hydroxylation is 3. The molecule has 0 spiro atoms. The first-order valence-corrected chi connectivity index (χ1v) is 8.87. The molecule has 0 saturated carbocycles. The first-order valence-electron chi connectivity index (χ1n) is 8.05. The topological polar surface area (TPSA) is 69.0 Å². The van der Waals surface area contributed by atoms with Gasteiger partial charge in [-0.05, 0) is 26.3 Å². The molecule has 7 nitrogen and oxygen atoms in total. The average Bonchev–Trinajstić information content (AvgIpc) is 3.16. The van der Waals surface area contributed by atoms with Crippen molar-refractivity contribution in [3.63, 3.8) is 0 Å². The van der Waals surface area contributed by atoms with E-state index >= 15 is 0 Å². The van der Waals surface area contributed by atoms with Gasteiger partial charge in [-0.25, -0.2) is 15.0 Å². The Balaban J connectivity index is 1.66. The SMILES string of the molecule is Cc1nc(N2CCO[C@H](Cn3cncn3)C2)c2c(C)c(C)sc2n1. The summed E-state index contributed by atoms with van der Waals surface area (Å²) in [7, 11) is 0. The lowest BCUT2D eigenvalue weighted by Gasteiger charge is -2.34. The average molecular weight is 344 g/mol. The molecule has 3 aromatic heterocycles. The van der Waals surface area contributed by atoms with Crippen LogP contribution in [-0.4, -0.2) is 50.5 Å². The van der Waals surface area contributed by atoms with Crippen molar-refractivity contribution in [3.8, 4) is 0 Å². The minimum absolute atomic E-state index is 0.0748. The summed E-state index contributed by atoms with van der Waals surface area (Å²) in [6.07, 6.45) is 3.35. The Hall–Kier alpha value is -2.06. The third kappa shape index (κ3) is 2.76. The molecule has 8 heteroatoms. The smallest absolute Gasteiger partial charge is 0.141 e. The zero-order valence-electron chi connectivity index (χ0n) is 14.1. The lowest BCUT2D eigenvalue weighted by molar-refractivity contribution is 0.0272. The van der Waals surface area contributed by atoms with Gasteiger partial charge >= 0.3 is 0 Å². The second-order valence-electron chi connectivity index (χ2n) is 6.11. The fourth-order valence-corrected chi connectivity index (χ4v) is 4.19. The zero-order valence-corrected chi connectivity index (χ0v) is 14.9. The quantitative estimate of drug-likeness (QED) is 0.725. The molecule has 1 aliphatic rings.